The SMILES string of the molecule is CCOC(=O)c1cccc(Nc2ccc(CN(C)C)cc2OC)c1C(=O)O. The first-order valence-corrected chi connectivity index (χ1v) is 8.49. The van der Waals surface area contributed by atoms with Crippen LogP contribution in [0.1, 0.15) is 33.2 Å². The highest BCUT2D eigenvalue weighted by atomic mass is 16.5. The van der Waals surface area contributed by atoms with Gasteiger partial charge in [-0.3, -0.25) is 0 Å². The molecule has 0 saturated heterocycles. The van der Waals surface area contributed by atoms with Gasteiger partial charge in [0.1, 0.15) is 5.75 Å². The van der Waals surface area contributed by atoms with Gasteiger partial charge < -0.3 is 24.8 Å². The molecule has 0 amide bonds. The van der Waals surface area contributed by atoms with Crippen molar-refractivity contribution in [2.45, 2.75) is 13.5 Å². The topological polar surface area (TPSA) is 88.1 Å². The smallest absolute Gasteiger partial charge is 0.339 e. The molecule has 2 aromatic rings. The number of aromatic carboxylic acids is 1. The maximum Gasteiger partial charge on any atom is 0.339 e. The Hall–Kier alpha value is -3.06. The molecule has 0 radical (unpaired) electrons. The van der Waals surface area contributed by atoms with E-state index in [0.29, 0.717) is 11.4 Å². The minimum Gasteiger partial charge on any atom is -0.495 e. The summed E-state index contributed by atoms with van der Waals surface area (Å²) < 4.78 is 10.4. The Kier molecular flexibility index (Phi) is 6.79. The standard InChI is InChI=1S/C20H24N2O5/c1-5-27-20(25)14-7-6-8-16(18(14)19(23)24)21-15-10-9-13(12-22(2)3)11-17(15)26-4/h6-11,21H,5,12H2,1-4H3,(H,23,24). The van der Waals surface area contributed by atoms with Crippen molar-refractivity contribution in [2.24, 2.45) is 0 Å². The number of carbonyl (C=O) groups excluding carboxylic acids is 1. The normalized spacial score (nSPS) is 10.6. The van der Waals surface area contributed by atoms with E-state index in [-0.39, 0.29) is 23.4 Å². The Bertz CT molecular complexity index is 833. The van der Waals surface area contributed by atoms with Gasteiger partial charge in [0.2, 0.25) is 0 Å². The number of esters is 1. The van der Waals surface area contributed by atoms with Crippen molar-refractivity contribution in [1.29, 1.82) is 0 Å². The average Bonchev–Trinajstić information content (AvgIpc) is 2.62. The number of carbonyl (C=O) groups is 2. The van der Waals surface area contributed by atoms with Gasteiger partial charge in [-0.15, -0.1) is 0 Å². The number of carboxylic acids is 1. The average molecular weight is 372 g/mol. The van der Waals surface area contributed by atoms with Crippen LogP contribution >= 0.6 is 0 Å². The van der Waals surface area contributed by atoms with Gasteiger partial charge in [-0.25, -0.2) is 9.59 Å². The number of nitrogens with zero attached hydrogens (tertiary/aromatic N) is 1. The maximum atomic E-state index is 12.1. The first-order chi connectivity index (χ1) is 12.9. The summed E-state index contributed by atoms with van der Waals surface area (Å²) in [6.07, 6.45) is 0. The van der Waals surface area contributed by atoms with Crippen LogP contribution in [0, 0.1) is 0 Å². The first kappa shape index (κ1) is 20.3. The van der Waals surface area contributed by atoms with Gasteiger partial charge in [0.25, 0.3) is 0 Å². The van der Waals surface area contributed by atoms with E-state index in [2.05, 4.69) is 5.32 Å². The zero-order chi connectivity index (χ0) is 20.0. The largest absolute Gasteiger partial charge is 0.495 e. The summed E-state index contributed by atoms with van der Waals surface area (Å²) in [5.41, 5.74) is 1.80. The zero-order valence-corrected chi connectivity index (χ0v) is 15.9. The van der Waals surface area contributed by atoms with Crippen molar-refractivity contribution in [3.63, 3.8) is 0 Å². The molecule has 0 aliphatic rings. The van der Waals surface area contributed by atoms with Crippen molar-refractivity contribution in [1.82, 2.24) is 4.90 Å². The van der Waals surface area contributed by atoms with Gasteiger partial charge in [0.15, 0.2) is 0 Å². The quantitative estimate of drug-likeness (QED) is 0.687. The van der Waals surface area contributed by atoms with Gasteiger partial charge >= 0.3 is 11.9 Å². The van der Waals surface area contributed by atoms with Gasteiger partial charge in [-0.1, -0.05) is 12.1 Å². The monoisotopic (exact) mass is 372 g/mol. The summed E-state index contributed by atoms with van der Waals surface area (Å²) in [5, 5.41) is 12.7. The van der Waals surface area contributed by atoms with Crippen LogP contribution in [0.5, 0.6) is 5.75 Å². The van der Waals surface area contributed by atoms with E-state index in [1.807, 2.05) is 37.2 Å². The van der Waals surface area contributed by atoms with Crippen LogP contribution in [0.4, 0.5) is 11.4 Å². The molecule has 0 spiro atoms. The van der Waals surface area contributed by atoms with E-state index in [4.69, 9.17) is 9.47 Å². The fourth-order valence-electron chi connectivity index (χ4n) is 2.71. The van der Waals surface area contributed by atoms with Crippen LogP contribution in [0.2, 0.25) is 0 Å². The second-order valence-electron chi connectivity index (χ2n) is 6.15. The van der Waals surface area contributed by atoms with Crippen LogP contribution in [-0.2, 0) is 11.3 Å². The minimum absolute atomic E-state index is 0.00227. The predicted molar refractivity (Wildman–Crippen MR) is 103 cm³/mol. The third kappa shape index (κ3) is 4.98. The number of ether oxygens (including phenoxy) is 2. The summed E-state index contributed by atoms with van der Waals surface area (Å²) in [6.45, 7) is 2.58. The van der Waals surface area contributed by atoms with E-state index in [1.165, 1.54) is 6.07 Å². The highest BCUT2D eigenvalue weighted by Gasteiger charge is 2.22. The lowest BCUT2D eigenvalue weighted by molar-refractivity contribution is 0.0515. The Balaban J connectivity index is 2.43. The second-order valence-corrected chi connectivity index (χ2v) is 6.15. The van der Waals surface area contributed by atoms with E-state index in [1.54, 1.807) is 26.2 Å². The number of anilines is 2. The molecule has 7 nitrogen and oxygen atoms in total. The molecule has 0 aliphatic heterocycles. The number of benzene rings is 2. The molecule has 0 saturated carbocycles. The molecule has 0 aromatic heterocycles. The molecule has 144 valence electrons. The molecule has 27 heavy (non-hydrogen) atoms. The third-order valence-electron chi connectivity index (χ3n) is 3.81. The molecular formula is C20H24N2O5. The molecule has 2 rings (SSSR count). The van der Waals surface area contributed by atoms with Gasteiger partial charge in [-0.05, 0) is 50.8 Å². The molecular weight excluding hydrogens is 348 g/mol. The molecule has 0 bridgehead atoms. The summed E-state index contributed by atoms with van der Waals surface area (Å²) in [4.78, 5) is 25.9. The lowest BCUT2D eigenvalue weighted by atomic mass is 10.0. The number of hydrogen-bond donors (Lipinski definition) is 2. The summed E-state index contributed by atoms with van der Waals surface area (Å²) in [6, 6.07) is 10.3. The Morgan fingerprint density at radius 1 is 1.15 bits per heavy atom. The summed E-state index contributed by atoms with van der Waals surface area (Å²) >= 11 is 0. The fourth-order valence-corrected chi connectivity index (χ4v) is 2.71. The number of carboxylic acid groups (broad SMARTS) is 1. The molecule has 0 heterocycles. The molecule has 2 N–H and O–H groups in total. The van der Waals surface area contributed by atoms with Gasteiger partial charge in [-0.2, -0.15) is 0 Å². The number of methoxy groups -OCH3 is 1. The van der Waals surface area contributed by atoms with Crippen molar-refractivity contribution in [3.8, 4) is 5.75 Å². The van der Waals surface area contributed by atoms with Crippen LogP contribution in [-0.4, -0.2) is 49.8 Å². The molecule has 0 unspecified atom stereocenters. The van der Waals surface area contributed by atoms with Crippen molar-refractivity contribution >= 4 is 23.3 Å². The van der Waals surface area contributed by atoms with Crippen LogP contribution in [0.3, 0.4) is 0 Å². The van der Waals surface area contributed by atoms with Crippen molar-refractivity contribution in [2.75, 3.05) is 33.1 Å². The summed E-state index contributed by atoms with van der Waals surface area (Å²) in [5.74, 6) is -1.32. The first-order valence-electron chi connectivity index (χ1n) is 8.49. The molecule has 0 atom stereocenters. The van der Waals surface area contributed by atoms with E-state index < -0.39 is 11.9 Å². The Labute approximate surface area is 158 Å². The predicted octanol–water partition coefficient (Wildman–Crippen LogP) is 3.38. The van der Waals surface area contributed by atoms with Gasteiger partial charge in [0, 0.05) is 6.54 Å². The molecule has 2 aromatic carbocycles. The highest BCUT2D eigenvalue weighted by Crippen LogP contribution is 2.31. The second kappa shape index (κ2) is 9.05. The van der Waals surface area contributed by atoms with Gasteiger partial charge in [0.05, 0.1) is 36.2 Å². The van der Waals surface area contributed by atoms with Crippen molar-refractivity contribution in [3.05, 3.63) is 53.1 Å². The van der Waals surface area contributed by atoms with Crippen LogP contribution < -0.4 is 10.1 Å². The number of rotatable bonds is 8. The maximum absolute atomic E-state index is 12.1. The number of hydrogen-bond acceptors (Lipinski definition) is 6. The molecule has 7 heteroatoms. The number of nitrogens with one attached hydrogen (secondary N) is 1. The molecule has 0 fully saturated rings. The fraction of sp³-hybridized carbons (Fsp3) is 0.300. The highest BCUT2D eigenvalue weighted by molar-refractivity contribution is 6.07. The van der Waals surface area contributed by atoms with E-state index in [9.17, 15) is 14.7 Å². The van der Waals surface area contributed by atoms with Crippen molar-refractivity contribution < 1.29 is 24.2 Å². The summed E-state index contributed by atoms with van der Waals surface area (Å²) in [7, 11) is 5.49. The van der Waals surface area contributed by atoms with Crippen LogP contribution in [0.25, 0.3) is 0 Å². The zero-order valence-electron chi connectivity index (χ0n) is 15.9. The third-order valence-corrected chi connectivity index (χ3v) is 3.81. The van der Waals surface area contributed by atoms with E-state index >= 15 is 0 Å². The Morgan fingerprint density at radius 2 is 1.89 bits per heavy atom. The lowest BCUT2D eigenvalue weighted by Crippen LogP contribution is -2.14. The molecule has 0 aliphatic carbocycles. The van der Waals surface area contributed by atoms with Crippen LogP contribution in [0.15, 0.2) is 36.4 Å². The lowest BCUT2D eigenvalue weighted by Gasteiger charge is -2.17. The Morgan fingerprint density at radius 3 is 2.48 bits per heavy atom. The van der Waals surface area contributed by atoms with E-state index in [0.717, 1.165) is 12.1 Å². The minimum atomic E-state index is -1.22.